The minimum Gasteiger partial charge on any atom is -0.334 e. The highest BCUT2D eigenvalue weighted by atomic mass is 32.2. The molecule has 1 atom stereocenters. The van der Waals surface area contributed by atoms with Gasteiger partial charge in [-0.25, -0.2) is 13.2 Å². The lowest BCUT2D eigenvalue weighted by Crippen LogP contribution is -2.43. The van der Waals surface area contributed by atoms with Crippen LogP contribution in [-0.2, 0) is 16.4 Å². The van der Waals surface area contributed by atoms with Gasteiger partial charge < -0.3 is 10.2 Å². The van der Waals surface area contributed by atoms with Gasteiger partial charge in [0, 0.05) is 19.6 Å². The van der Waals surface area contributed by atoms with E-state index in [2.05, 4.69) is 5.32 Å². The van der Waals surface area contributed by atoms with E-state index >= 15 is 0 Å². The molecule has 6 heteroatoms. The third-order valence-electron chi connectivity index (χ3n) is 3.36. The molecule has 0 unspecified atom stereocenters. The SMILES string of the molecule is CN(C(=O)NCc1ccccc1)[C@H]1CCS(=O)(=O)C1. The second kappa shape index (κ2) is 5.61. The lowest BCUT2D eigenvalue weighted by Gasteiger charge is -2.23. The molecule has 2 amide bonds. The lowest BCUT2D eigenvalue weighted by molar-refractivity contribution is 0.194. The Labute approximate surface area is 113 Å². The molecule has 0 saturated carbocycles. The molecule has 0 radical (unpaired) electrons. The maximum absolute atomic E-state index is 11.9. The number of carbonyl (C=O) groups excluding carboxylic acids is 1. The van der Waals surface area contributed by atoms with Gasteiger partial charge in [-0.3, -0.25) is 0 Å². The Morgan fingerprint density at radius 2 is 2.05 bits per heavy atom. The van der Waals surface area contributed by atoms with E-state index in [0.29, 0.717) is 13.0 Å². The van der Waals surface area contributed by atoms with Gasteiger partial charge in [-0.2, -0.15) is 0 Å². The Kier molecular flexibility index (Phi) is 4.09. The molecule has 0 bridgehead atoms. The monoisotopic (exact) mass is 282 g/mol. The third kappa shape index (κ3) is 3.70. The molecule has 0 spiro atoms. The van der Waals surface area contributed by atoms with E-state index in [9.17, 15) is 13.2 Å². The number of sulfone groups is 1. The first-order valence-corrected chi connectivity index (χ1v) is 8.05. The smallest absolute Gasteiger partial charge is 0.317 e. The molecule has 0 aromatic heterocycles. The fourth-order valence-corrected chi connectivity index (χ4v) is 3.92. The second-order valence-electron chi connectivity index (χ2n) is 4.81. The summed E-state index contributed by atoms with van der Waals surface area (Å²) in [6, 6.07) is 9.16. The van der Waals surface area contributed by atoms with Crippen LogP contribution in [0.4, 0.5) is 4.79 Å². The van der Waals surface area contributed by atoms with Crippen molar-refractivity contribution < 1.29 is 13.2 Å². The Bertz CT molecular complexity index is 542. The molecule has 1 heterocycles. The Hall–Kier alpha value is -1.56. The standard InChI is InChI=1S/C13H18N2O3S/c1-15(12-7-8-19(17,18)10-12)13(16)14-9-11-5-3-2-4-6-11/h2-6,12H,7-10H2,1H3,(H,14,16)/t12-/m0/s1. The van der Waals surface area contributed by atoms with Crippen LogP contribution in [0, 0.1) is 0 Å². The number of benzene rings is 1. The van der Waals surface area contributed by atoms with Crippen molar-refractivity contribution in [1.82, 2.24) is 10.2 Å². The van der Waals surface area contributed by atoms with Crippen molar-refractivity contribution in [3.8, 4) is 0 Å². The van der Waals surface area contributed by atoms with Crippen LogP contribution < -0.4 is 5.32 Å². The summed E-state index contributed by atoms with van der Waals surface area (Å²) >= 11 is 0. The molecule has 1 saturated heterocycles. The first-order chi connectivity index (χ1) is 8.98. The van der Waals surface area contributed by atoms with Gasteiger partial charge >= 0.3 is 6.03 Å². The Morgan fingerprint density at radius 1 is 1.37 bits per heavy atom. The Morgan fingerprint density at radius 3 is 2.63 bits per heavy atom. The van der Waals surface area contributed by atoms with Gasteiger partial charge in [0.1, 0.15) is 0 Å². The molecule has 104 valence electrons. The minimum absolute atomic E-state index is 0.0717. The summed E-state index contributed by atoms with van der Waals surface area (Å²) in [6.45, 7) is 0.448. The normalized spacial score (nSPS) is 21.0. The van der Waals surface area contributed by atoms with Gasteiger partial charge in [0.15, 0.2) is 9.84 Å². The van der Waals surface area contributed by atoms with E-state index in [4.69, 9.17) is 0 Å². The number of urea groups is 1. The summed E-state index contributed by atoms with van der Waals surface area (Å²) in [4.78, 5) is 13.4. The zero-order valence-corrected chi connectivity index (χ0v) is 11.7. The first-order valence-electron chi connectivity index (χ1n) is 6.23. The summed E-state index contributed by atoms with van der Waals surface area (Å²) in [7, 11) is -1.32. The van der Waals surface area contributed by atoms with E-state index in [1.54, 1.807) is 7.05 Å². The van der Waals surface area contributed by atoms with Crippen LogP contribution in [0.3, 0.4) is 0 Å². The molecule has 1 aliphatic heterocycles. The fraction of sp³-hybridized carbons (Fsp3) is 0.462. The third-order valence-corrected chi connectivity index (χ3v) is 5.11. The molecule has 0 aliphatic carbocycles. The molecule has 19 heavy (non-hydrogen) atoms. The maximum atomic E-state index is 11.9. The second-order valence-corrected chi connectivity index (χ2v) is 7.04. The van der Waals surface area contributed by atoms with Crippen LogP contribution in [-0.4, -0.2) is 43.9 Å². The van der Waals surface area contributed by atoms with Crippen molar-refractivity contribution in [2.24, 2.45) is 0 Å². The lowest BCUT2D eigenvalue weighted by atomic mass is 10.2. The Balaban J connectivity index is 1.87. The fourth-order valence-electron chi connectivity index (χ4n) is 2.14. The summed E-state index contributed by atoms with van der Waals surface area (Å²) in [5.74, 6) is 0.246. The predicted octanol–water partition coefficient (Wildman–Crippen LogP) is 1.02. The highest BCUT2D eigenvalue weighted by Crippen LogP contribution is 2.16. The van der Waals surface area contributed by atoms with Crippen molar-refractivity contribution in [2.75, 3.05) is 18.6 Å². The minimum atomic E-state index is -2.96. The van der Waals surface area contributed by atoms with E-state index in [1.807, 2.05) is 30.3 Å². The van der Waals surface area contributed by atoms with Crippen LogP contribution in [0.15, 0.2) is 30.3 Å². The van der Waals surface area contributed by atoms with Gasteiger partial charge in [0.2, 0.25) is 0 Å². The number of carbonyl (C=O) groups is 1. The number of hydrogen-bond acceptors (Lipinski definition) is 3. The molecule has 5 nitrogen and oxygen atoms in total. The highest BCUT2D eigenvalue weighted by molar-refractivity contribution is 7.91. The zero-order chi connectivity index (χ0) is 13.9. The molecular formula is C13H18N2O3S. The molecule has 1 aromatic rings. The van der Waals surface area contributed by atoms with Crippen LogP contribution in [0.5, 0.6) is 0 Å². The maximum Gasteiger partial charge on any atom is 0.317 e. The predicted molar refractivity (Wildman–Crippen MR) is 73.5 cm³/mol. The number of nitrogens with one attached hydrogen (secondary N) is 1. The van der Waals surface area contributed by atoms with Crippen LogP contribution in [0.1, 0.15) is 12.0 Å². The average molecular weight is 282 g/mol. The highest BCUT2D eigenvalue weighted by Gasteiger charge is 2.32. The van der Waals surface area contributed by atoms with Crippen molar-refractivity contribution in [3.05, 3.63) is 35.9 Å². The van der Waals surface area contributed by atoms with Crippen LogP contribution in [0.2, 0.25) is 0 Å². The van der Waals surface area contributed by atoms with Gasteiger partial charge in [-0.1, -0.05) is 30.3 Å². The molecule has 2 rings (SSSR count). The quantitative estimate of drug-likeness (QED) is 0.900. The van der Waals surface area contributed by atoms with E-state index in [1.165, 1.54) is 4.90 Å². The van der Waals surface area contributed by atoms with E-state index in [0.717, 1.165) is 5.56 Å². The van der Waals surface area contributed by atoms with Gasteiger partial charge in [0.25, 0.3) is 0 Å². The average Bonchev–Trinajstić information content (AvgIpc) is 2.76. The molecule has 1 aromatic carbocycles. The molecular weight excluding hydrogens is 264 g/mol. The zero-order valence-electron chi connectivity index (χ0n) is 10.9. The van der Waals surface area contributed by atoms with Gasteiger partial charge in [-0.05, 0) is 12.0 Å². The van der Waals surface area contributed by atoms with Crippen molar-refractivity contribution in [1.29, 1.82) is 0 Å². The first kappa shape index (κ1) is 13.9. The number of amides is 2. The number of rotatable bonds is 3. The topological polar surface area (TPSA) is 66.5 Å². The molecule has 1 N–H and O–H groups in total. The van der Waals surface area contributed by atoms with Crippen molar-refractivity contribution >= 4 is 15.9 Å². The van der Waals surface area contributed by atoms with Gasteiger partial charge in [0.05, 0.1) is 11.5 Å². The largest absolute Gasteiger partial charge is 0.334 e. The molecule has 1 fully saturated rings. The van der Waals surface area contributed by atoms with Crippen molar-refractivity contribution in [3.63, 3.8) is 0 Å². The summed E-state index contributed by atoms with van der Waals surface area (Å²) in [5.41, 5.74) is 1.02. The van der Waals surface area contributed by atoms with E-state index < -0.39 is 9.84 Å². The van der Waals surface area contributed by atoms with Crippen molar-refractivity contribution in [2.45, 2.75) is 19.0 Å². The number of nitrogens with zero attached hydrogens (tertiary/aromatic N) is 1. The van der Waals surface area contributed by atoms with E-state index in [-0.39, 0.29) is 23.6 Å². The summed E-state index contributed by atoms with van der Waals surface area (Å²) < 4.78 is 22.8. The van der Waals surface area contributed by atoms with Gasteiger partial charge in [-0.15, -0.1) is 0 Å². The summed E-state index contributed by atoms with van der Waals surface area (Å²) in [6.07, 6.45) is 0.525. The molecule has 1 aliphatic rings. The number of hydrogen-bond donors (Lipinski definition) is 1. The van der Waals surface area contributed by atoms with Crippen LogP contribution in [0.25, 0.3) is 0 Å². The van der Waals surface area contributed by atoms with Crippen LogP contribution >= 0.6 is 0 Å². The summed E-state index contributed by atoms with van der Waals surface area (Å²) in [5, 5.41) is 2.80.